The Balaban J connectivity index is 1.59. The second-order valence-corrected chi connectivity index (χ2v) is 9.92. The summed E-state index contributed by atoms with van der Waals surface area (Å²) < 4.78 is 33.3. The zero-order valence-electron chi connectivity index (χ0n) is 15.7. The molecule has 1 aliphatic carbocycles. The van der Waals surface area contributed by atoms with Crippen LogP contribution >= 0.6 is 0 Å². The van der Waals surface area contributed by atoms with Gasteiger partial charge in [0.15, 0.2) is 5.82 Å². The van der Waals surface area contributed by atoms with Crippen molar-refractivity contribution in [1.29, 1.82) is 0 Å². The van der Waals surface area contributed by atoms with Crippen LogP contribution in [0.2, 0.25) is 0 Å². The van der Waals surface area contributed by atoms with Crippen molar-refractivity contribution in [3.8, 4) is 11.5 Å². The zero-order valence-corrected chi connectivity index (χ0v) is 16.5. The van der Waals surface area contributed by atoms with Crippen LogP contribution in [0.1, 0.15) is 37.9 Å². The molecule has 4 rings (SSSR count). The molecule has 9 heteroatoms. The Labute approximate surface area is 159 Å². The minimum Gasteiger partial charge on any atom is -0.334 e. The zero-order chi connectivity index (χ0) is 19.1. The first kappa shape index (κ1) is 18.5. The average Bonchev–Trinajstić information content (AvgIpc) is 3.33. The number of pyridine rings is 1. The van der Waals surface area contributed by atoms with E-state index in [1.54, 1.807) is 30.8 Å². The highest BCUT2D eigenvalue weighted by Crippen LogP contribution is 2.47. The summed E-state index contributed by atoms with van der Waals surface area (Å²) in [6.07, 6.45) is 8.29. The van der Waals surface area contributed by atoms with E-state index in [0.717, 1.165) is 12.0 Å². The van der Waals surface area contributed by atoms with E-state index in [0.29, 0.717) is 43.6 Å². The van der Waals surface area contributed by atoms with Crippen molar-refractivity contribution in [2.24, 2.45) is 5.92 Å². The molecule has 2 fully saturated rings. The smallest absolute Gasteiger partial charge is 0.281 e. The van der Waals surface area contributed by atoms with Crippen LogP contribution in [-0.2, 0) is 15.6 Å². The van der Waals surface area contributed by atoms with Crippen molar-refractivity contribution < 1.29 is 12.9 Å². The van der Waals surface area contributed by atoms with Gasteiger partial charge in [-0.2, -0.15) is 22.0 Å². The quantitative estimate of drug-likeness (QED) is 0.748. The maximum Gasteiger partial charge on any atom is 0.281 e. The van der Waals surface area contributed by atoms with Crippen molar-refractivity contribution in [3.63, 3.8) is 0 Å². The van der Waals surface area contributed by atoms with Crippen molar-refractivity contribution in [3.05, 3.63) is 30.4 Å². The van der Waals surface area contributed by atoms with E-state index in [2.05, 4.69) is 15.1 Å². The predicted octanol–water partition coefficient (Wildman–Crippen LogP) is 2.07. The van der Waals surface area contributed by atoms with E-state index in [-0.39, 0.29) is 5.41 Å². The van der Waals surface area contributed by atoms with Gasteiger partial charge in [-0.05, 0) is 37.3 Å². The van der Waals surface area contributed by atoms with E-state index in [1.165, 1.54) is 17.1 Å². The molecular formula is C18H25N5O3S. The van der Waals surface area contributed by atoms with Crippen LogP contribution in [0, 0.1) is 5.92 Å². The molecule has 0 amide bonds. The van der Waals surface area contributed by atoms with Gasteiger partial charge in [0.25, 0.3) is 16.1 Å². The molecule has 2 aromatic rings. The summed E-state index contributed by atoms with van der Waals surface area (Å²) in [5, 5.41) is 4.30. The lowest BCUT2D eigenvalue weighted by molar-refractivity contribution is 0.193. The second kappa shape index (κ2) is 6.96. The fourth-order valence-corrected chi connectivity index (χ4v) is 4.92. The van der Waals surface area contributed by atoms with Crippen LogP contribution in [0.3, 0.4) is 0 Å². The third-order valence-corrected chi connectivity index (χ3v) is 7.59. The van der Waals surface area contributed by atoms with Gasteiger partial charge in [0, 0.05) is 45.0 Å². The molecular weight excluding hydrogens is 366 g/mol. The largest absolute Gasteiger partial charge is 0.334 e. The first-order chi connectivity index (χ1) is 12.9. The molecule has 27 heavy (non-hydrogen) atoms. The molecule has 146 valence electrons. The molecule has 1 saturated carbocycles. The highest BCUT2D eigenvalue weighted by atomic mass is 32.2. The molecule has 2 aliphatic rings. The van der Waals surface area contributed by atoms with E-state index in [4.69, 9.17) is 4.52 Å². The number of hydrogen-bond acceptors (Lipinski definition) is 6. The molecule has 2 aromatic heterocycles. The van der Waals surface area contributed by atoms with Gasteiger partial charge in [-0.15, -0.1) is 0 Å². The highest BCUT2D eigenvalue weighted by molar-refractivity contribution is 7.86. The topological polar surface area (TPSA) is 92.4 Å². The SMILES string of the molecule is CN(C)S(=O)(=O)N1CCC(CC2CC2)(c2noc(-c3cccnc3)n2)CC1. The van der Waals surface area contributed by atoms with E-state index in [9.17, 15) is 8.42 Å². The molecule has 3 heterocycles. The average molecular weight is 391 g/mol. The lowest BCUT2D eigenvalue weighted by atomic mass is 9.74. The Kier molecular flexibility index (Phi) is 4.77. The summed E-state index contributed by atoms with van der Waals surface area (Å²) >= 11 is 0. The molecule has 1 saturated heterocycles. The Bertz CT molecular complexity index is 885. The van der Waals surface area contributed by atoms with Crippen LogP contribution in [-0.4, -0.2) is 59.3 Å². The van der Waals surface area contributed by atoms with Crippen molar-refractivity contribution >= 4 is 10.2 Å². The van der Waals surface area contributed by atoms with Gasteiger partial charge in [-0.1, -0.05) is 18.0 Å². The number of aromatic nitrogens is 3. The molecule has 0 aromatic carbocycles. The van der Waals surface area contributed by atoms with Crippen molar-refractivity contribution in [2.75, 3.05) is 27.2 Å². The van der Waals surface area contributed by atoms with E-state index in [1.807, 2.05) is 12.1 Å². The van der Waals surface area contributed by atoms with E-state index < -0.39 is 10.2 Å². The van der Waals surface area contributed by atoms with Crippen LogP contribution in [0.4, 0.5) is 0 Å². The summed E-state index contributed by atoms with van der Waals surface area (Å²) in [4.78, 5) is 8.79. The Morgan fingerprint density at radius 1 is 1.30 bits per heavy atom. The summed E-state index contributed by atoms with van der Waals surface area (Å²) in [5.41, 5.74) is 0.578. The molecule has 0 bridgehead atoms. The first-order valence-electron chi connectivity index (χ1n) is 9.33. The van der Waals surface area contributed by atoms with Gasteiger partial charge in [0.2, 0.25) is 0 Å². The maximum atomic E-state index is 12.5. The van der Waals surface area contributed by atoms with Gasteiger partial charge in [-0.25, -0.2) is 0 Å². The van der Waals surface area contributed by atoms with Crippen LogP contribution in [0.25, 0.3) is 11.5 Å². The standard InChI is InChI=1S/C18H25N5O3S/c1-22(2)27(24,25)23-10-7-18(8-11-23,12-14-5-6-14)17-20-16(26-21-17)15-4-3-9-19-13-15/h3-4,9,13-14H,5-8,10-12H2,1-2H3. The molecule has 0 N–H and O–H groups in total. The lowest BCUT2D eigenvalue weighted by Gasteiger charge is -2.40. The molecule has 8 nitrogen and oxygen atoms in total. The predicted molar refractivity (Wildman–Crippen MR) is 100.0 cm³/mol. The fraction of sp³-hybridized carbons (Fsp3) is 0.611. The minimum absolute atomic E-state index is 0.219. The Morgan fingerprint density at radius 2 is 2.04 bits per heavy atom. The number of nitrogens with zero attached hydrogens (tertiary/aromatic N) is 5. The maximum absolute atomic E-state index is 12.5. The van der Waals surface area contributed by atoms with Gasteiger partial charge < -0.3 is 4.52 Å². The molecule has 0 atom stereocenters. The number of rotatable bonds is 6. The third-order valence-electron chi connectivity index (χ3n) is 5.65. The van der Waals surface area contributed by atoms with Gasteiger partial charge in [0.1, 0.15) is 0 Å². The minimum atomic E-state index is -3.39. The van der Waals surface area contributed by atoms with E-state index >= 15 is 0 Å². The third kappa shape index (κ3) is 3.63. The summed E-state index contributed by atoms with van der Waals surface area (Å²) in [6.45, 7) is 0.952. The molecule has 1 aliphatic heterocycles. The second-order valence-electron chi connectivity index (χ2n) is 7.78. The van der Waals surface area contributed by atoms with Gasteiger partial charge in [-0.3, -0.25) is 4.98 Å². The van der Waals surface area contributed by atoms with Crippen molar-refractivity contribution in [2.45, 2.75) is 37.5 Å². The molecule has 0 radical (unpaired) electrons. The lowest BCUT2D eigenvalue weighted by Crippen LogP contribution is -2.49. The Morgan fingerprint density at radius 3 is 2.63 bits per heavy atom. The number of piperidine rings is 1. The van der Waals surface area contributed by atoms with Crippen molar-refractivity contribution in [1.82, 2.24) is 23.7 Å². The molecule has 0 unspecified atom stereocenters. The van der Waals surface area contributed by atoms with Crippen LogP contribution in [0.15, 0.2) is 29.0 Å². The summed E-state index contributed by atoms with van der Waals surface area (Å²) in [6, 6.07) is 3.73. The highest BCUT2D eigenvalue weighted by Gasteiger charge is 2.46. The number of hydrogen-bond donors (Lipinski definition) is 0. The monoisotopic (exact) mass is 391 g/mol. The van der Waals surface area contributed by atoms with Gasteiger partial charge in [0.05, 0.1) is 5.56 Å². The Hall–Kier alpha value is -1.84. The summed E-state index contributed by atoms with van der Waals surface area (Å²) in [7, 11) is -0.248. The summed E-state index contributed by atoms with van der Waals surface area (Å²) in [5.74, 6) is 1.86. The van der Waals surface area contributed by atoms with Gasteiger partial charge >= 0.3 is 0 Å². The fourth-order valence-electron chi connectivity index (χ4n) is 3.81. The normalized spacial score (nSPS) is 20.9. The van der Waals surface area contributed by atoms with Crippen LogP contribution < -0.4 is 0 Å². The first-order valence-corrected chi connectivity index (χ1v) is 10.7. The molecule has 0 spiro atoms. The van der Waals surface area contributed by atoms with Crippen LogP contribution in [0.5, 0.6) is 0 Å².